The smallest absolute Gasteiger partial charge is 0.132 e. The summed E-state index contributed by atoms with van der Waals surface area (Å²) in [5.74, 6) is 1.79. The van der Waals surface area contributed by atoms with Crippen molar-refractivity contribution < 1.29 is 4.74 Å². The van der Waals surface area contributed by atoms with Crippen LogP contribution in [-0.2, 0) is 10.8 Å². The second kappa shape index (κ2) is 13.5. The van der Waals surface area contributed by atoms with E-state index in [-0.39, 0.29) is 0 Å². The molecule has 3 heterocycles. The van der Waals surface area contributed by atoms with Crippen LogP contribution in [0.25, 0.3) is 42.4 Å². The molecule has 10 aromatic carbocycles. The first kappa shape index (κ1) is 36.7. The van der Waals surface area contributed by atoms with E-state index >= 15 is 0 Å². The highest BCUT2D eigenvalue weighted by Crippen LogP contribution is 2.66. The number of para-hydroxylation sites is 2. The molecule has 66 heavy (non-hydrogen) atoms. The monoisotopic (exact) mass is 875 g/mol. The summed E-state index contributed by atoms with van der Waals surface area (Å²) in [5.41, 5.74) is 17.5. The first-order valence-corrected chi connectivity index (χ1v) is 24.3. The van der Waals surface area contributed by atoms with Crippen LogP contribution in [0.2, 0.25) is 0 Å². The molecule has 0 unspecified atom stereocenters. The number of nitrogens with zero attached hydrogens (tertiary/aromatic N) is 1. The third kappa shape index (κ3) is 4.62. The predicted molar refractivity (Wildman–Crippen MR) is 273 cm³/mol. The van der Waals surface area contributed by atoms with E-state index in [1.54, 1.807) is 0 Å². The summed E-state index contributed by atoms with van der Waals surface area (Å²) in [6, 6.07) is 83.9. The number of benzene rings is 10. The molecule has 1 aromatic heterocycles. The fourth-order valence-electron chi connectivity index (χ4n) is 12.3. The number of ether oxygens (including phenoxy) is 1. The van der Waals surface area contributed by atoms with Gasteiger partial charge in [0, 0.05) is 58.0 Å². The zero-order valence-electron chi connectivity index (χ0n) is 35.5. The maximum atomic E-state index is 6.76. The van der Waals surface area contributed by atoms with E-state index in [0.717, 1.165) is 39.7 Å². The van der Waals surface area contributed by atoms with E-state index in [2.05, 4.69) is 229 Å². The Morgan fingerprint density at radius 3 is 1.61 bits per heavy atom. The van der Waals surface area contributed by atoms with Gasteiger partial charge in [0.1, 0.15) is 11.5 Å². The quantitative estimate of drug-likeness (QED) is 0.175. The molecule has 0 fully saturated rings. The van der Waals surface area contributed by atoms with Gasteiger partial charge in [-0.1, -0.05) is 169 Å². The van der Waals surface area contributed by atoms with E-state index < -0.39 is 10.8 Å². The van der Waals surface area contributed by atoms with E-state index in [9.17, 15) is 0 Å². The molecule has 0 N–H and O–H groups in total. The van der Waals surface area contributed by atoms with Crippen LogP contribution in [-0.4, -0.2) is 0 Å². The van der Waals surface area contributed by atoms with Crippen LogP contribution < -0.4 is 9.64 Å². The van der Waals surface area contributed by atoms with Crippen molar-refractivity contribution in [3.05, 3.63) is 269 Å². The summed E-state index contributed by atoms with van der Waals surface area (Å²) in [4.78, 5) is 5.16. The maximum absolute atomic E-state index is 6.76. The number of fused-ring (bicyclic) bond motifs is 21. The molecule has 15 rings (SSSR count). The summed E-state index contributed by atoms with van der Waals surface area (Å²) >= 11 is 3.75. The molecule has 0 amide bonds. The van der Waals surface area contributed by atoms with E-state index in [4.69, 9.17) is 4.74 Å². The van der Waals surface area contributed by atoms with Crippen molar-refractivity contribution in [1.82, 2.24) is 0 Å². The zero-order valence-corrected chi connectivity index (χ0v) is 37.2. The number of thiophene rings is 1. The summed E-state index contributed by atoms with van der Waals surface area (Å²) in [7, 11) is 0. The van der Waals surface area contributed by atoms with Crippen LogP contribution in [0.15, 0.2) is 234 Å². The molecule has 11 aromatic rings. The molecule has 2 aliphatic heterocycles. The Kier molecular flexibility index (Phi) is 7.48. The molecule has 0 atom stereocenters. The standard InChI is InChI=1S/C62H37NOS2/c1-4-19-45-40(16-1)41-34-32-39(37-52(41)61(45)47-21-6-10-27-54(47)64-55-28-11-7-22-48(55)61)63(38-33-35-57-44(36-38)42-17-3-12-29-56(42)65-57)53-26-15-25-51-60(53)43-18-2-5-20-46(43)62(51)49-23-8-13-30-58(49)66-59-31-14-9-24-50(59)62/h1-37H. The van der Waals surface area contributed by atoms with E-state index in [1.165, 1.54) is 85.6 Å². The first-order valence-electron chi connectivity index (χ1n) is 22.7. The van der Waals surface area contributed by atoms with Gasteiger partial charge in [-0.25, -0.2) is 0 Å². The molecule has 0 saturated carbocycles. The van der Waals surface area contributed by atoms with Gasteiger partial charge in [0.15, 0.2) is 0 Å². The topological polar surface area (TPSA) is 12.5 Å². The third-order valence-corrected chi connectivity index (χ3v) is 17.1. The van der Waals surface area contributed by atoms with Crippen molar-refractivity contribution >= 4 is 60.3 Å². The minimum atomic E-state index is -0.602. The van der Waals surface area contributed by atoms with E-state index in [0.29, 0.717) is 0 Å². The molecule has 4 aliphatic rings. The van der Waals surface area contributed by atoms with Gasteiger partial charge < -0.3 is 9.64 Å². The Morgan fingerprint density at radius 2 is 0.864 bits per heavy atom. The van der Waals surface area contributed by atoms with Crippen LogP contribution in [0.4, 0.5) is 17.1 Å². The average molecular weight is 876 g/mol. The van der Waals surface area contributed by atoms with Crippen molar-refractivity contribution in [2.45, 2.75) is 20.6 Å². The van der Waals surface area contributed by atoms with Gasteiger partial charge in [0.05, 0.1) is 16.5 Å². The molecule has 0 bridgehead atoms. The van der Waals surface area contributed by atoms with Gasteiger partial charge in [-0.05, 0) is 117 Å². The van der Waals surface area contributed by atoms with Gasteiger partial charge in [-0.15, -0.1) is 11.3 Å². The lowest BCUT2D eigenvalue weighted by Crippen LogP contribution is -2.32. The molecule has 4 heteroatoms. The highest BCUT2D eigenvalue weighted by Gasteiger charge is 2.53. The SMILES string of the molecule is c1ccc2c(c1)Oc1ccccc1C21c2ccccc2-c2ccc(N(c3ccc4sc5ccccc5c4c3)c3cccc4c3-c3ccccc3C43c4ccccc4Sc4ccccc43)cc21. The molecule has 308 valence electrons. The van der Waals surface area contributed by atoms with Crippen molar-refractivity contribution in [2.75, 3.05) is 4.90 Å². The number of rotatable bonds is 3. The zero-order chi connectivity index (χ0) is 43.1. The van der Waals surface area contributed by atoms with E-state index in [1.807, 2.05) is 23.1 Å². The molecule has 0 saturated heterocycles. The molecule has 2 nitrogen and oxygen atoms in total. The van der Waals surface area contributed by atoms with Crippen molar-refractivity contribution in [1.29, 1.82) is 0 Å². The van der Waals surface area contributed by atoms with Crippen LogP contribution in [0.3, 0.4) is 0 Å². The van der Waals surface area contributed by atoms with Gasteiger partial charge in [0.25, 0.3) is 0 Å². The third-order valence-electron chi connectivity index (χ3n) is 14.8. The van der Waals surface area contributed by atoms with Gasteiger partial charge >= 0.3 is 0 Å². The summed E-state index contributed by atoms with van der Waals surface area (Å²) in [5, 5.41) is 2.56. The maximum Gasteiger partial charge on any atom is 0.132 e. The second-order valence-electron chi connectivity index (χ2n) is 17.8. The Morgan fingerprint density at radius 1 is 0.348 bits per heavy atom. The molecular weight excluding hydrogens is 839 g/mol. The fourth-order valence-corrected chi connectivity index (χ4v) is 14.6. The molecular formula is C62H37NOS2. The minimum absolute atomic E-state index is 0.501. The predicted octanol–water partition coefficient (Wildman–Crippen LogP) is 16.8. The number of hydrogen-bond donors (Lipinski definition) is 0. The van der Waals surface area contributed by atoms with Crippen LogP contribution in [0, 0.1) is 0 Å². The second-order valence-corrected chi connectivity index (χ2v) is 20.0. The van der Waals surface area contributed by atoms with Crippen LogP contribution in [0.5, 0.6) is 11.5 Å². The van der Waals surface area contributed by atoms with Crippen LogP contribution in [0.1, 0.15) is 44.5 Å². The highest BCUT2D eigenvalue weighted by molar-refractivity contribution is 7.99. The molecule has 2 spiro atoms. The molecule has 0 radical (unpaired) electrons. The van der Waals surface area contributed by atoms with Crippen molar-refractivity contribution in [3.8, 4) is 33.8 Å². The summed E-state index contributed by atoms with van der Waals surface area (Å²) in [6.07, 6.45) is 0. The number of anilines is 3. The Hall–Kier alpha value is -7.63. The Labute approximate surface area is 391 Å². The van der Waals surface area contributed by atoms with Crippen molar-refractivity contribution in [3.63, 3.8) is 0 Å². The Bertz CT molecular complexity index is 3790. The first-order chi connectivity index (χ1) is 32.7. The Balaban J connectivity index is 1.05. The minimum Gasteiger partial charge on any atom is -0.457 e. The lowest BCUT2D eigenvalue weighted by Gasteiger charge is -2.40. The summed E-state index contributed by atoms with van der Waals surface area (Å²) < 4.78 is 9.34. The number of hydrogen-bond acceptors (Lipinski definition) is 4. The van der Waals surface area contributed by atoms with Gasteiger partial charge in [0.2, 0.25) is 0 Å². The lowest BCUT2D eigenvalue weighted by atomic mass is 9.66. The average Bonchev–Trinajstić information content (AvgIpc) is 4.00. The highest BCUT2D eigenvalue weighted by atomic mass is 32.2. The lowest BCUT2D eigenvalue weighted by molar-refractivity contribution is 0.436. The summed E-state index contributed by atoms with van der Waals surface area (Å²) in [6.45, 7) is 0. The van der Waals surface area contributed by atoms with Crippen LogP contribution >= 0.6 is 23.1 Å². The largest absolute Gasteiger partial charge is 0.457 e. The van der Waals surface area contributed by atoms with Gasteiger partial charge in [-0.3, -0.25) is 0 Å². The van der Waals surface area contributed by atoms with Gasteiger partial charge in [-0.2, -0.15) is 0 Å². The molecule has 2 aliphatic carbocycles. The van der Waals surface area contributed by atoms with Crippen molar-refractivity contribution in [2.24, 2.45) is 0 Å². The fraction of sp³-hybridized carbons (Fsp3) is 0.0323. The normalized spacial score (nSPS) is 14.7.